The first-order valence-electron chi connectivity index (χ1n) is 10.8. The Labute approximate surface area is 184 Å². The topological polar surface area (TPSA) is 49.4 Å². The molecule has 2 amide bonds. The molecule has 3 aromatic rings. The molecular weight excluding hydrogens is 384 g/mol. The third-order valence-electron chi connectivity index (χ3n) is 5.39. The van der Waals surface area contributed by atoms with Crippen molar-refractivity contribution in [3.63, 3.8) is 0 Å². The third kappa shape index (κ3) is 7.10. The molecule has 1 N–H and O–H groups in total. The molecule has 0 aliphatic heterocycles. The maximum atomic E-state index is 13.1. The summed E-state index contributed by atoms with van der Waals surface area (Å²) in [6.45, 7) is 2.77. The van der Waals surface area contributed by atoms with Crippen LogP contribution >= 0.6 is 0 Å². The highest BCUT2D eigenvalue weighted by molar-refractivity contribution is 5.87. The molecule has 0 saturated heterocycles. The average Bonchev–Trinajstić information content (AvgIpc) is 2.82. The molecule has 0 aromatic heterocycles. The number of benzene rings is 3. The molecule has 3 aromatic carbocycles. The fourth-order valence-corrected chi connectivity index (χ4v) is 3.52. The van der Waals surface area contributed by atoms with Gasteiger partial charge in [-0.1, -0.05) is 91.0 Å². The number of nitrogens with one attached hydrogen (secondary N) is 1. The largest absolute Gasteiger partial charge is 0.354 e. The molecule has 0 bridgehead atoms. The zero-order valence-electron chi connectivity index (χ0n) is 18.0. The van der Waals surface area contributed by atoms with Gasteiger partial charge in [-0.25, -0.2) is 0 Å². The fourth-order valence-electron chi connectivity index (χ4n) is 3.52. The van der Waals surface area contributed by atoms with E-state index in [1.54, 1.807) is 11.8 Å². The first-order chi connectivity index (χ1) is 15.1. The summed E-state index contributed by atoms with van der Waals surface area (Å²) in [4.78, 5) is 27.6. The van der Waals surface area contributed by atoms with Crippen molar-refractivity contribution in [1.82, 2.24) is 10.2 Å². The first-order valence-corrected chi connectivity index (χ1v) is 10.8. The van der Waals surface area contributed by atoms with Gasteiger partial charge < -0.3 is 10.2 Å². The number of carbonyl (C=O) groups is 2. The number of aryl methyl sites for hydroxylation is 1. The van der Waals surface area contributed by atoms with E-state index in [0.29, 0.717) is 25.9 Å². The van der Waals surface area contributed by atoms with Gasteiger partial charge in [-0.2, -0.15) is 0 Å². The Morgan fingerprint density at radius 2 is 1.23 bits per heavy atom. The molecule has 0 fully saturated rings. The highest BCUT2D eigenvalue weighted by Crippen LogP contribution is 2.13. The monoisotopic (exact) mass is 414 g/mol. The molecule has 0 heterocycles. The van der Waals surface area contributed by atoms with Gasteiger partial charge in [-0.05, 0) is 36.5 Å². The standard InChI is InChI=1S/C27H30N2O2/c1-22(27(31)28-20-19-24-13-7-3-8-14-24)29(21-25-15-9-4-10-16-25)26(30)18-17-23-11-5-2-6-12-23/h2-16,22H,17-21H2,1H3,(H,28,31)/t22-/m0/s1. The summed E-state index contributed by atoms with van der Waals surface area (Å²) in [6.07, 6.45) is 1.80. The van der Waals surface area contributed by atoms with E-state index in [-0.39, 0.29) is 11.8 Å². The van der Waals surface area contributed by atoms with Crippen LogP contribution in [0, 0.1) is 0 Å². The highest BCUT2D eigenvalue weighted by atomic mass is 16.2. The molecule has 160 valence electrons. The Bertz CT molecular complexity index is 943. The van der Waals surface area contributed by atoms with Gasteiger partial charge >= 0.3 is 0 Å². The van der Waals surface area contributed by atoms with Gasteiger partial charge in [0, 0.05) is 19.5 Å². The lowest BCUT2D eigenvalue weighted by Gasteiger charge is -2.29. The van der Waals surface area contributed by atoms with Gasteiger partial charge in [0.15, 0.2) is 0 Å². The second-order valence-corrected chi connectivity index (χ2v) is 7.70. The van der Waals surface area contributed by atoms with Crippen molar-refractivity contribution in [3.8, 4) is 0 Å². The van der Waals surface area contributed by atoms with Gasteiger partial charge in [-0.3, -0.25) is 9.59 Å². The smallest absolute Gasteiger partial charge is 0.242 e. The lowest BCUT2D eigenvalue weighted by molar-refractivity contribution is -0.140. The van der Waals surface area contributed by atoms with E-state index in [4.69, 9.17) is 0 Å². The SMILES string of the molecule is C[C@@H](C(=O)NCCc1ccccc1)N(Cc1ccccc1)C(=O)CCc1ccccc1. The molecule has 31 heavy (non-hydrogen) atoms. The number of amides is 2. The molecule has 0 aliphatic carbocycles. The Morgan fingerprint density at radius 3 is 1.77 bits per heavy atom. The molecule has 0 spiro atoms. The maximum Gasteiger partial charge on any atom is 0.242 e. The zero-order valence-corrected chi connectivity index (χ0v) is 18.0. The predicted molar refractivity (Wildman–Crippen MR) is 124 cm³/mol. The summed E-state index contributed by atoms with van der Waals surface area (Å²) in [6, 6.07) is 29.3. The summed E-state index contributed by atoms with van der Waals surface area (Å²) in [7, 11) is 0. The Kier molecular flexibility index (Phi) is 8.41. The van der Waals surface area contributed by atoms with E-state index in [1.165, 1.54) is 5.56 Å². The second kappa shape index (κ2) is 11.7. The molecule has 4 heteroatoms. The Balaban J connectivity index is 1.62. The van der Waals surface area contributed by atoms with E-state index >= 15 is 0 Å². The summed E-state index contributed by atoms with van der Waals surface area (Å²) < 4.78 is 0. The zero-order chi connectivity index (χ0) is 21.9. The van der Waals surface area contributed by atoms with Crippen LogP contribution in [0.25, 0.3) is 0 Å². The predicted octanol–water partition coefficient (Wildman–Crippen LogP) is 4.40. The second-order valence-electron chi connectivity index (χ2n) is 7.70. The van der Waals surface area contributed by atoms with Crippen LogP contribution in [0.5, 0.6) is 0 Å². The van der Waals surface area contributed by atoms with Crippen LogP contribution in [0.4, 0.5) is 0 Å². The van der Waals surface area contributed by atoms with Crippen molar-refractivity contribution in [3.05, 3.63) is 108 Å². The maximum absolute atomic E-state index is 13.1. The highest BCUT2D eigenvalue weighted by Gasteiger charge is 2.25. The van der Waals surface area contributed by atoms with Crippen molar-refractivity contribution in [2.24, 2.45) is 0 Å². The molecule has 3 rings (SSSR count). The van der Waals surface area contributed by atoms with Crippen LogP contribution in [0.3, 0.4) is 0 Å². The van der Waals surface area contributed by atoms with Gasteiger partial charge in [-0.15, -0.1) is 0 Å². The molecule has 1 atom stereocenters. The van der Waals surface area contributed by atoms with E-state index in [1.807, 2.05) is 91.0 Å². The van der Waals surface area contributed by atoms with Crippen molar-refractivity contribution in [1.29, 1.82) is 0 Å². The Hall–Kier alpha value is -3.40. The van der Waals surface area contributed by atoms with E-state index in [0.717, 1.165) is 17.5 Å². The number of hydrogen-bond acceptors (Lipinski definition) is 2. The van der Waals surface area contributed by atoms with Crippen molar-refractivity contribution >= 4 is 11.8 Å². The molecule has 0 saturated carbocycles. The van der Waals surface area contributed by atoms with E-state index < -0.39 is 6.04 Å². The van der Waals surface area contributed by atoms with Crippen LogP contribution in [0.2, 0.25) is 0 Å². The van der Waals surface area contributed by atoms with E-state index in [2.05, 4.69) is 5.32 Å². The lowest BCUT2D eigenvalue weighted by Crippen LogP contribution is -2.48. The van der Waals surface area contributed by atoms with E-state index in [9.17, 15) is 9.59 Å². The summed E-state index contributed by atoms with van der Waals surface area (Å²) >= 11 is 0. The summed E-state index contributed by atoms with van der Waals surface area (Å²) in [5, 5.41) is 2.99. The van der Waals surface area contributed by atoms with Gasteiger partial charge in [0.1, 0.15) is 6.04 Å². The molecule has 0 unspecified atom stereocenters. The minimum absolute atomic E-state index is 0.0154. The first kappa shape index (κ1) is 22.3. The quantitative estimate of drug-likeness (QED) is 0.535. The number of hydrogen-bond donors (Lipinski definition) is 1. The van der Waals surface area contributed by atoms with Crippen LogP contribution in [0.15, 0.2) is 91.0 Å². The van der Waals surface area contributed by atoms with Crippen molar-refractivity contribution in [2.45, 2.75) is 38.8 Å². The van der Waals surface area contributed by atoms with Crippen LogP contribution in [0.1, 0.15) is 30.0 Å². The van der Waals surface area contributed by atoms with Gasteiger partial charge in [0.25, 0.3) is 0 Å². The lowest BCUT2D eigenvalue weighted by atomic mass is 10.1. The Morgan fingerprint density at radius 1 is 0.742 bits per heavy atom. The van der Waals surface area contributed by atoms with Crippen LogP contribution < -0.4 is 5.32 Å². The van der Waals surface area contributed by atoms with Crippen molar-refractivity contribution < 1.29 is 9.59 Å². The molecule has 0 aliphatic rings. The minimum Gasteiger partial charge on any atom is -0.354 e. The molecular formula is C27H30N2O2. The normalized spacial score (nSPS) is 11.5. The number of nitrogens with zero attached hydrogens (tertiary/aromatic N) is 1. The average molecular weight is 415 g/mol. The summed E-state index contributed by atoms with van der Waals surface area (Å²) in [5.41, 5.74) is 3.31. The van der Waals surface area contributed by atoms with Crippen LogP contribution in [-0.4, -0.2) is 29.3 Å². The van der Waals surface area contributed by atoms with Crippen LogP contribution in [-0.2, 0) is 29.0 Å². The fraction of sp³-hybridized carbons (Fsp3) is 0.259. The minimum atomic E-state index is -0.542. The number of rotatable bonds is 10. The van der Waals surface area contributed by atoms with Gasteiger partial charge in [0.2, 0.25) is 11.8 Å². The van der Waals surface area contributed by atoms with Gasteiger partial charge in [0.05, 0.1) is 0 Å². The molecule has 4 nitrogen and oxygen atoms in total. The summed E-state index contributed by atoms with van der Waals surface area (Å²) in [5.74, 6) is -0.140. The molecule has 0 radical (unpaired) electrons. The third-order valence-corrected chi connectivity index (χ3v) is 5.39. The van der Waals surface area contributed by atoms with Crippen molar-refractivity contribution in [2.75, 3.05) is 6.54 Å². The number of carbonyl (C=O) groups excluding carboxylic acids is 2.